The number of likely N-dealkylation sites (tertiary alicyclic amines) is 1. The first-order valence-electron chi connectivity index (χ1n) is 14.4. The zero-order valence-electron chi connectivity index (χ0n) is 23.2. The number of fused-ring (bicyclic) bond motifs is 2. The van der Waals surface area contributed by atoms with Gasteiger partial charge in [0, 0.05) is 22.2 Å². The van der Waals surface area contributed by atoms with Crippen molar-refractivity contribution in [3.05, 3.63) is 92.9 Å². The molecule has 5 heterocycles. The van der Waals surface area contributed by atoms with Gasteiger partial charge in [-0.25, -0.2) is 19.2 Å². The number of carbonyl (C=O) groups is 1. The quantitative estimate of drug-likeness (QED) is 0.236. The lowest BCUT2D eigenvalue weighted by Gasteiger charge is -2.34. The summed E-state index contributed by atoms with van der Waals surface area (Å²) in [5, 5.41) is 10.4. The summed E-state index contributed by atoms with van der Waals surface area (Å²) >= 11 is 12.5. The summed E-state index contributed by atoms with van der Waals surface area (Å²) in [6.45, 7) is 3.56. The Morgan fingerprint density at radius 1 is 1.05 bits per heavy atom. The molecule has 2 aromatic carbocycles. The third kappa shape index (κ3) is 5.51. The molecule has 0 aliphatic carbocycles. The van der Waals surface area contributed by atoms with E-state index in [1.54, 1.807) is 30.3 Å². The number of para-hydroxylation sites is 1. The molecule has 0 saturated carbocycles. The number of nitrogens with zero attached hydrogens (tertiary/aromatic N) is 4. The Morgan fingerprint density at radius 2 is 1.86 bits per heavy atom. The van der Waals surface area contributed by atoms with E-state index in [0.29, 0.717) is 51.2 Å². The summed E-state index contributed by atoms with van der Waals surface area (Å²) in [5.74, 6) is 0.211. The van der Waals surface area contributed by atoms with Gasteiger partial charge in [-0.05, 0) is 80.2 Å². The molecule has 0 unspecified atom stereocenters. The van der Waals surface area contributed by atoms with Crippen molar-refractivity contribution < 1.29 is 23.8 Å². The first-order valence-corrected chi connectivity index (χ1v) is 15.2. The number of rotatable bonds is 7. The van der Waals surface area contributed by atoms with Crippen LogP contribution in [0, 0.1) is 0 Å². The van der Waals surface area contributed by atoms with Crippen molar-refractivity contribution in [2.24, 2.45) is 0 Å². The number of pyridine rings is 1. The molecule has 11 heteroatoms. The van der Waals surface area contributed by atoms with Crippen molar-refractivity contribution >= 4 is 46.2 Å². The lowest BCUT2D eigenvalue weighted by molar-refractivity contribution is -0.0593. The van der Waals surface area contributed by atoms with E-state index in [4.69, 9.17) is 37.7 Å². The van der Waals surface area contributed by atoms with E-state index in [9.17, 15) is 9.90 Å². The summed E-state index contributed by atoms with van der Waals surface area (Å²) in [5.41, 5.74) is 3.36. The molecular formula is C32H29Cl2FN4O4. The lowest BCUT2D eigenvalue weighted by Crippen LogP contribution is -2.35. The van der Waals surface area contributed by atoms with Gasteiger partial charge in [0.2, 0.25) is 0 Å². The molecule has 3 aliphatic heterocycles. The molecular weight excluding hydrogens is 594 g/mol. The molecule has 7 rings (SSSR count). The average Bonchev–Trinajstić information content (AvgIpc) is 3.31. The van der Waals surface area contributed by atoms with E-state index in [-0.39, 0.29) is 23.5 Å². The topological polar surface area (TPSA) is 89.7 Å². The number of piperidine rings is 1. The molecule has 1 N–H and O–H groups in total. The summed E-state index contributed by atoms with van der Waals surface area (Å²) in [6, 6.07) is 14.0. The molecule has 0 bridgehead atoms. The normalized spacial score (nSPS) is 20.8. The highest BCUT2D eigenvalue weighted by atomic mass is 35.5. The van der Waals surface area contributed by atoms with Crippen molar-refractivity contribution in [1.29, 1.82) is 0 Å². The van der Waals surface area contributed by atoms with E-state index in [2.05, 4.69) is 9.88 Å². The van der Waals surface area contributed by atoms with Gasteiger partial charge in [0.15, 0.2) is 11.3 Å². The number of aromatic carboxylic acids is 1. The molecule has 222 valence electrons. The minimum absolute atomic E-state index is 0.00388. The maximum atomic E-state index is 15.3. The average molecular weight is 624 g/mol. The third-order valence-electron chi connectivity index (χ3n) is 8.58. The number of imidazole rings is 1. The Bertz CT molecular complexity index is 1750. The van der Waals surface area contributed by atoms with Crippen LogP contribution in [0.15, 0.2) is 54.6 Å². The number of hydrogen-bond donors (Lipinski definition) is 1. The van der Waals surface area contributed by atoms with Gasteiger partial charge < -0.3 is 19.1 Å². The largest absolute Gasteiger partial charge is 0.480 e. The molecule has 2 aromatic heterocycles. The van der Waals surface area contributed by atoms with Crippen LogP contribution in [-0.4, -0.2) is 56.3 Å². The highest BCUT2D eigenvalue weighted by Gasteiger charge is 2.31. The highest BCUT2D eigenvalue weighted by Crippen LogP contribution is 2.45. The summed E-state index contributed by atoms with van der Waals surface area (Å²) < 4.78 is 29.4. The molecule has 2 atom stereocenters. The highest BCUT2D eigenvalue weighted by molar-refractivity contribution is 6.35. The van der Waals surface area contributed by atoms with Crippen molar-refractivity contribution in [3.63, 3.8) is 0 Å². The fourth-order valence-corrected chi connectivity index (χ4v) is 6.70. The van der Waals surface area contributed by atoms with Gasteiger partial charge in [-0.15, -0.1) is 0 Å². The maximum Gasteiger partial charge on any atom is 0.354 e. The molecule has 2 fully saturated rings. The Morgan fingerprint density at radius 3 is 2.58 bits per heavy atom. The van der Waals surface area contributed by atoms with E-state index < -0.39 is 12.1 Å². The Kier molecular flexibility index (Phi) is 7.59. The number of benzene rings is 2. The molecule has 2 saturated heterocycles. The molecule has 4 aromatic rings. The fourth-order valence-electron chi connectivity index (χ4n) is 6.18. The minimum atomic E-state index is -1.07. The second kappa shape index (κ2) is 11.5. The summed E-state index contributed by atoms with van der Waals surface area (Å²) in [4.78, 5) is 23.2. The number of carboxylic acid groups (broad SMARTS) is 1. The number of hydrogen-bond acceptors (Lipinski definition) is 6. The minimum Gasteiger partial charge on any atom is -0.480 e. The molecule has 43 heavy (non-hydrogen) atoms. The number of carboxylic acids is 1. The molecule has 0 amide bonds. The molecule has 8 nitrogen and oxygen atoms in total. The van der Waals surface area contributed by atoms with Crippen molar-refractivity contribution in [1.82, 2.24) is 19.4 Å². The predicted octanol–water partition coefficient (Wildman–Crippen LogP) is 7.05. The van der Waals surface area contributed by atoms with E-state index >= 15 is 4.39 Å². The summed E-state index contributed by atoms with van der Waals surface area (Å²) in [7, 11) is 0. The van der Waals surface area contributed by atoms with Gasteiger partial charge in [-0.1, -0.05) is 41.4 Å². The molecule has 0 radical (unpaired) electrons. The van der Waals surface area contributed by atoms with Crippen LogP contribution in [0.25, 0.3) is 17.0 Å². The Labute approximate surface area is 257 Å². The lowest BCUT2D eigenvalue weighted by atomic mass is 9.86. The smallest absolute Gasteiger partial charge is 0.354 e. The number of aromatic nitrogens is 3. The van der Waals surface area contributed by atoms with Crippen LogP contribution in [0.3, 0.4) is 0 Å². The maximum absolute atomic E-state index is 15.3. The number of halogens is 3. The van der Waals surface area contributed by atoms with Gasteiger partial charge in [0.25, 0.3) is 0 Å². The van der Waals surface area contributed by atoms with Crippen LogP contribution in [0.1, 0.15) is 64.3 Å². The van der Waals surface area contributed by atoms with Crippen LogP contribution in [-0.2, 0) is 17.8 Å². The summed E-state index contributed by atoms with van der Waals surface area (Å²) in [6.07, 6.45) is 3.56. The zero-order chi connectivity index (χ0) is 29.7. The van der Waals surface area contributed by atoms with E-state index in [1.165, 1.54) is 12.1 Å². The molecule has 3 aliphatic rings. The van der Waals surface area contributed by atoms with Gasteiger partial charge in [0.05, 0.1) is 24.8 Å². The second-order valence-electron chi connectivity index (χ2n) is 11.3. The van der Waals surface area contributed by atoms with Gasteiger partial charge in [-0.2, -0.15) is 0 Å². The van der Waals surface area contributed by atoms with E-state index in [1.807, 2.05) is 16.7 Å². The van der Waals surface area contributed by atoms with Crippen LogP contribution in [0.2, 0.25) is 10.0 Å². The fraction of sp³-hybridized carbons (Fsp3) is 0.344. The number of ether oxygens (including phenoxy) is 2. The molecule has 0 spiro atoms. The van der Waals surface area contributed by atoms with Crippen molar-refractivity contribution in [2.45, 2.75) is 50.5 Å². The monoisotopic (exact) mass is 622 g/mol. The Balaban J connectivity index is 1.10. The van der Waals surface area contributed by atoms with Crippen LogP contribution in [0.5, 0.6) is 5.75 Å². The van der Waals surface area contributed by atoms with Crippen LogP contribution < -0.4 is 4.74 Å². The van der Waals surface area contributed by atoms with Gasteiger partial charge in [0.1, 0.15) is 29.0 Å². The third-order valence-corrected chi connectivity index (χ3v) is 9.14. The Hall–Kier alpha value is -3.50. The second-order valence-corrected chi connectivity index (χ2v) is 12.1. The van der Waals surface area contributed by atoms with Crippen LogP contribution >= 0.6 is 23.2 Å². The van der Waals surface area contributed by atoms with Crippen molar-refractivity contribution in [3.8, 4) is 5.75 Å². The van der Waals surface area contributed by atoms with Crippen molar-refractivity contribution in [2.75, 3.05) is 19.7 Å². The standard InChI is InChI=1S/C32H29Cl2FN4O4/c33-19-4-5-22(24(34)14-19)28-15-25(35)23-3-1-2-21(30(23)43-28)18-8-11-38(12-9-18)17-29-36-26-6-7-27(32(40)41)37-31(26)39(29)16-20-10-13-42-20/h1-7,14-15,18,20,28H,8-13,16-17H2,(H,40,41)/t20-,28+/m0/s1. The van der Waals surface area contributed by atoms with Gasteiger partial charge >= 0.3 is 5.97 Å². The first kappa shape index (κ1) is 28.3. The zero-order valence-corrected chi connectivity index (χ0v) is 24.7. The van der Waals surface area contributed by atoms with Crippen LogP contribution in [0.4, 0.5) is 4.39 Å². The predicted molar refractivity (Wildman–Crippen MR) is 161 cm³/mol. The SMILES string of the molecule is O=C(O)c1ccc2nc(CN3CCC(c4cccc5c4O[C@@H](c4ccc(Cl)cc4Cl)C=C5F)CC3)n(C[C@@H]3CCO3)c2n1. The first-order chi connectivity index (χ1) is 20.8. The van der Waals surface area contributed by atoms with Gasteiger partial charge in [-0.3, -0.25) is 4.90 Å². The van der Waals surface area contributed by atoms with E-state index in [0.717, 1.165) is 50.3 Å².